The fraction of sp³-hybridized carbons (Fsp3) is 0.182. The maximum Gasteiger partial charge on any atom is 0.250 e. The van der Waals surface area contributed by atoms with Gasteiger partial charge in [0.1, 0.15) is 16.0 Å². The molecule has 2 N–H and O–H groups in total. The molecular weight excluding hydrogens is 546 g/mol. The van der Waals surface area contributed by atoms with Crippen molar-refractivity contribution in [1.82, 2.24) is 9.71 Å². The molecule has 0 saturated carbocycles. The minimum absolute atomic E-state index is 0.128. The largest absolute Gasteiger partial charge is 0.494 e. The number of amides is 1. The summed E-state index contributed by atoms with van der Waals surface area (Å²) in [5.41, 5.74) is 1.56. The summed E-state index contributed by atoms with van der Waals surface area (Å²) in [5.74, 6) is 0.241. The number of nitrogens with one attached hydrogen (secondary N) is 2. The van der Waals surface area contributed by atoms with Crippen molar-refractivity contribution in [2.24, 2.45) is 0 Å². The van der Waals surface area contributed by atoms with E-state index in [-0.39, 0.29) is 10.6 Å². The van der Waals surface area contributed by atoms with Crippen molar-refractivity contribution in [1.29, 1.82) is 0 Å². The van der Waals surface area contributed by atoms with Crippen LogP contribution >= 0.6 is 38.6 Å². The van der Waals surface area contributed by atoms with E-state index >= 15 is 0 Å². The van der Waals surface area contributed by atoms with Crippen molar-refractivity contribution >= 4 is 69.9 Å². The summed E-state index contributed by atoms with van der Waals surface area (Å²) in [6.07, 6.45) is 0.192. The molecule has 1 atom stereocenters. The van der Waals surface area contributed by atoms with Gasteiger partial charge in [0, 0.05) is 0 Å². The Morgan fingerprint density at radius 3 is 2.61 bits per heavy atom. The predicted molar refractivity (Wildman–Crippen MR) is 136 cm³/mol. The number of nitrogens with zero attached hydrogens (tertiary/aromatic N) is 1. The first kappa shape index (κ1) is 23.8. The lowest BCUT2D eigenvalue weighted by atomic mass is 10.1. The Hall–Kier alpha value is -2.31. The second-order valence-electron chi connectivity index (χ2n) is 6.99. The van der Waals surface area contributed by atoms with E-state index in [1.54, 1.807) is 6.07 Å². The lowest BCUT2D eigenvalue weighted by Crippen LogP contribution is -2.45. The Balaban J connectivity index is 1.58. The topological polar surface area (TPSA) is 97.4 Å². The zero-order valence-corrected chi connectivity index (χ0v) is 21.5. The van der Waals surface area contributed by atoms with Crippen LogP contribution in [0.4, 0.5) is 5.13 Å². The third kappa shape index (κ3) is 5.98. The van der Waals surface area contributed by atoms with Crippen molar-refractivity contribution < 1.29 is 17.9 Å². The maximum atomic E-state index is 13.2. The highest BCUT2D eigenvalue weighted by atomic mass is 79.9. The molecule has 2 aromatic carbocycles. The molecular formula is C22H20BrN3O4S3. The molecule has 0 aliphatic heterocycles. The van der Waals surface area contributed by atoms with Crippen LogP contribution in [0.2, 0.25) is 0 Å². The number of aromatic nitrogens is 1. The number of hydrogen-bond donors (Lipinski definition) is 2. The lowest BCUT2D eigenvalue weighted by molar-refractivity contribution is -0.117. The number of fused-ring (bicyclic) bond motifs is 1. The van der Waals surface area contributed by atoms with E-state index in [0.29, 0.717) is 15.5 Å². The second kappa shape index (κ2) is 10.3. The summed E-state index contributed by atoms with van der Waals surface area (Å²) in [7, 11) is -3.89. The Labute approximate surface area is 208 Å². The van der Waals surface area contributed by atoms with Crippen molar-refractivity contribution in [3.05, 3.63) is 70.0 Å². The van der Waals surface area contributed by atoms with Gasteiger partial charge in [0.15, 0.2) is 5.13 Å². The van der Waals surface area contributed by atoms with Gasteiger partial charge in [-0.1, -0.05) is 41.7 Å². The van der Waals surface area contributed by atoms with E-state index < -0.39 is 22.0 Å². The minimum Gasteiger partial charge on any atom is -0.494 e. The molecule has 2 aromatic heterocycles. The summed E-state index contributed by atoms with van der Waals surface area (Å²) in [5, 5.41) is 3.17. The minimum atomic E-state index is -3.89. The number of hydrogen-bond acceptors (Lipinski definition) is 7. The van der Waals surface area contributed by atoms with Crippen LogP contribution in [-0.4, -0.2) is 32.0 Å². The molecule has 0 saturated heterocycles. The van der Waals surface area contributed by atoms with E-state index in [9.17, 15) is 13.2 Å². The number of rotatable bonds is 9. The highest BCUT2D eigenvalue weighted by Gasteiger charge is 2.28. The summed E-state index contributed by atoms with van der Waals surface area (Å²) >= 11 is 5.66. The van der Waals surface area contributed by atoms with Crippen LogP contribution in [0.1, 0.15) is 12.5 Å². The Morgan fingerprint density at radius 2 is 1.91 bits per heavy atom. The number of ether oxygens (including phenoxy) is 1. The molecule has 172 valence electrons. The number of carbonyl (C=O) groups excluding carboxylic acids is 1. The second-order valence-corrected chi connectivity index (χ2v) is 12.4. The average molecular weight is 567 g/mol. The van der Waals surface area contributed by atoms with Gasteiger partial charge in [0.05, 0.1) is 20.6 Å². The smallest absolute Gasteiger partial charge is 0.250 e. The zero-order chi connectivity index (χ0) is 23.4. The van der Waals surface area contributed by atoms with Crippen LogP contribution < -0.4 is 14.8 Å². The molecule has 0 aliphatic carbocycles. The first-order chi connectivity index (χ1) is 15.8. The van der Waals surface area contributed by atoms with Gasteiger partial charge in [-0.15, -0.1) is 11.3 Å². The molecule has 0 bridgehead atoms. The summed E-state index contributed by atoms with van der Waals surface area (Å²) in [6, 6.07) is 16.9. The standard InChI is InChI=1S/C22H20BrN3O4S3/c1-2-30-15-8-9-16-18(13-15)31-22(24-16)25-21(27)17(12-14-6-4-3-5-7-14)26-33(28,29)20-11-10-19(23)32-20/h3-11,13,17,26H,2,12H2,1H3,(H,24,25,27)/t17-/m1/s1. The van der Waals surface area contributed by atoms with Gasteiger partial charge in [-0.25, -0.2) is 13.4 Å². The Kier molecular flexibility index (Phi) is 7.45. The van der Waals surface area contributed by atoms with E-state index in [1.165, 1.54) is 17.4 Å². The number of thiophene rings is 1. The zero-order valence-electron chi connectivity index (χ0n) is 17.4. The van der Waals surface area contributed by atoms with E-state index in [4.69, 9.17) is 4.74 Å². The fourth-order valence-electron chi connectivity index (χ4n) is 3.13. The van der Waals surface area contributed by atoms with E-state index in [0.717, 1.165) is 32.9 Å². The van der Waals surface area contributed by atoms with Crippen LogP contribution in [0.5, 0.6) is 5.75 Å². The van der Waals surface area contributed by atoms with Gasteiger partial charge < -0.3 is 10.1 Å². The predicted octanol–water partition coefficient (Wildman–Crippen LogP) is 5.05. The van der Waals surface area contributed by atoms with Gasteiger partial charge in [0.2, 0.25) is 5.91 Å². The Morgan fingerprint density at radius 1 is 1.12 bits per heavy atom. The molecule has 33 heavy (non-hydrogen) atoms. The van der Waals surface area contributed by atoms with Crippen LogP contribution in [0.25, 0.3) is 10.2 Å². The summed E-state index contributed by atoms with van der Waals surface area (Å²) < 4.78 is 35.6. The number of carbonyl (C=O) groups is 1. The van der Waals surface area contributed by atoms with Gasteiger partial charge in [0.25, 0.3) is 10.0 Å². The van der Waals surface area contributed by atoms with Crippen LogP contribution in [-0.2, 0) is 21.2 Å². The van der Waals surface area contributed by atoms with E-state index in [1.807, 2.05) is 55.5 Å². The van der Waals surface area contributed by atoms with Gasteiger partial charge in [-0.3, -0.25) is 4.79 Å². The van der Waals surface area contributed by atoms with Gasteiger partial charge in [-0.05, 0) is 65.2 Å². The molecule has 2 heterocycles. The van der Waals surface area contributed by atoms with E-state index in [2.05, 4.69) is 31.0 Å². The van der Waals surface area contributed by atoms with Gasteiger partial charge >= 0.3 is 0 Å². The molecule has 0 radical (unpaired) electrons. The molecule has 4 aromatic rings. The molecule has 0 spiro atoms. The highest BCUT2D eigenvalue weighted by Crippen LogP contribution is 2.30. The highest BCUT2D eigenvalue weighted by molar-refractivity contribution is 9.11. The van der Waals surface area contributed by atoms with Crippen LogP contribution in [0, 0.1) is 0 Å². The van der Waals surface area contributed by atoms with Gasteiger partial charge in [-0.2, -0.15) is 4.72 Å². The molecule has 4 rings (SSSR count). The Bertz CT molecular complexity index is 1370. The molecule has 7 nitrogen and oxygen atoms in total. The quantitative estimate of drug-likeness (QED) is 0.296. The SMILES string of the molecule is CCOc1ccc2nc(NC(=O)[C@@H](Cc3ccccc3)NS(=O)(=O)c3ccc(Br)s3)sc2c1. The number of benzene rings is 2. The van der Waals surface area contributed by atoms with Crippen molar-refractivity contribution in [2.75, 3.05) is 11.9 Å². The maximum absolute atomic E-state index is 13.2. The molecule has 0 fully saturated rings. The summed E-state index contributed by atoms with van der Waals surface area (Å²) in [4.78, 5) is 17.6. The number of anilines is 1. The number of halogens is 1. The first-order valence-corrected chi connectivity index (χ1v) is 13.9. The molecule has 0 unspecified atom stereocenters. The van der Waals surface area contributed by atoms with Crippen molar-refractivity contribution in [2.45, 2.75) is 23.6 Å². The average Bonchev–Trinajstić information content (AvgIpc) is 3.40. The third-order valence-electron chi connectivity index (χ3n) is 4.61. The first-order valence-electron chi connectivity index (χ1n) is 10.00. The van der Waals surface area contributed by atoms with Crippen molar-refractivity contribution in [3.63, 3.8) is 0 Å². The third-order valence-corrected chi connectivity index (χ3v) is 9.13. The monoisotopic (exact) mass is 565 g/mol. The number of sulfonamides is 1. The normalized spacial score (nSPS) is 12.5. The molecule has 0 aliphatic rings. The number of thiazole rings is 1. The van der Waals surface area contributed by atoms with Crippen molar-refractivity contribution in [3.8, 4) is 5.75 Å². The van der Waals surface area contributed by atoms with Crippen LogP contribution in [0.15, 0.2) is 68.7 Å². The fourth-order valence-corrected chi connectivity index (χ4v) is 7.25. The lowest BCUT2D eigenvalue weighted by Gasteiger charge is -2.17. The van der Waals surface area contributed by atoms with Crippen LogP contribution in [0.3, 0.4) is 0 Å². The molecule has 1 amide bonds. The summed E-state index contributed by atoms with van der Waals surface area (Å²) in [6.45, 7) is 2.46. The molecule has 11 heteroatoms.